The highest BCUT2D eigenvalue weighted by atomic mass is 32.2. The maximum absolute atomic E-state index is 11.5. The molecular weight excluding hydrogens is 274 g/mol. The molecule has 1 aromatic rings. The van der Waals surface area contributed by atoms with Crippen molar-refractivity contribution in [1.29, 1.82) is 0 Å². The second-order valence-corrected chi connectivity index (χ2v) is 8.36. The highest BCUT2D eigenvalue weighted by molar-refractivity contribution is 7.91. The number of rotatable bonds is 2. The van der Waals surface area contributed by atoms with Gasteiger partial charge in [-0.25, -0.2) is 8.42 Å². The van der Waals surface area contributed by atoms with Crippen LogP contribution in [-0.4, -0.2) is 32.1 Å². The van der Waals surface area contributed by atoms with Crippen molar-refractivity contribution in [2.75, 3.05) is 18.1 Å². The van der Waals surface area contributed by atoms with Gasteiger partial charge in [0, 0.05) is 19.4 Å². The third kappa shape index (κ3) is 2.99. The van der Waals surface area contributed by atoms with Gasteiger partial charge in [0.05, 0.1) is 11.5 Å². The maximum atomic E-state index is 11.5. The Morgan fingerprint density at radius 3 is 2.70 bits per heavy atom. The molecule has 1 saturated heterocycles. The van der Waals surface area contributed by atoms with Crippen LogP contribution in [0.3, 0.4) is 0 Å². The number of sulfone groups is 1. The van der Waals surface area contributed by atoms with Crippen molar-refractivity contribution in [1.82, 2.24) is 5.32 Å². The van der Waals surface area contributed by atoms with Crippen molar-refractivity contribution in [3.8, 4) is 5.75 Å². The van der Waals surface area contributed by atoms with Gasteiger partial charge in [-0.3, -0.25) is 0 Å². The zero-order valence-electron chi connectivity index (χ0n) is 11.8. The number of fused-ring (bicyclic) bond motifs is 1. The smallest absolute Gasteiger partial charge is 0.150 e. The number of hydrogen-bond acceptors (Lipinski definition) is 4. The van der Waals surface area contributed by atoms with Gasteiger partial charge in [0.25, 0.3) is 0 Å². The zero-order chi connectivity index (χ0) is 14.2. The summed E-state index contributed by atoms with van der Waals surface area (Å²) in [6, 6.07) is 6.24. The Bertz CT molecular complexity index is 596. The van der Waals surface area contributed by atoms with Crippen LogP contribution in [0, 0.1) is 0 Å². The molecule has 0 amide bonds. The molecule has 0 bridgehead atoms. The molecule has 2 aliphatic rings. The number of hydrogen-bond donors (Lipinski definition) is 1. The zero-order valence-corrected chi connectivity index (χ0v) is 12.6. The van der Waals surface area contributed by atoms with Gasteiger partial charge in [-0.2, -0.15) is 0 Å². The Morgan fingerprint density at radius 1 is 1.20 bits per heavy atom. The lowest BCUT2D eigenvalue weighted by molar-refractivity contribution is 0.0778. The largest absolute Gasteiger partial charge is 0.488 e. The second kappa shape index (κ2) is 5.04. The van der Waals surface area contributed by atoms with Gasteiger partial charge < -0.3 is 10.1 Å². The van der Waals surface area contributed by atoms with E-state index in [4.69, 9.17) is 4.74 Å². The van der Waals surface area contributed by atoms with Gasteiger partial charge in [0.2, 0.25) is 0 Å². The summed E-state index contributed by atoms with van der Waals surface area (Å²) in [5, 5.41) is 3.36. The summed E-state index contributed by atoms with van der Waals surface area (Å²) in [5.74, 6) is 1.32. The first kappa shape index (κ1) is 13.9. The summed E-state index contributed by atoms with van der Waals surface area (Å²) in [4.78, 5) is 0. The minimum atomic E-state index is -2.85. The van der Waals surface area contributed by atoms with E-state index in [2.05, 4.69) is 17.4 Å². The topological polar surface area (TPSA) is 55.4 Å². The lowest BCUT2D eigenvalue weighted by Crippen LogP contribution is -2.41. The Morgan fingerprint density at radius 2 is 1.95 bits per heavy atom. The number of benzene rings is 1. The molecule has 2 heterocycles. The van der Waals surface area contributed by atoms with Crippen molar-refractivity contribution < 1.29 is 13.2 Å². The molecule has 2 aliphatic heterocycles. The van der Waals surface area contributed by atoms with Crippen molar-refractivity contribution in [3.63, 3.8) is 0 Å². The summed E-state index contributed by atoms with van der Waals surface area (Å²) in [5.41, 5.74) is 2.31. The standard InChI is InChI=1S/C15H21NO3S/c1-15(5-8-20(17,18)9-6-15)19-14-3-2-12-4-7-16-11-13(12)10-14/h2-3,10,16H,4-9,11H2,1H3. The quantitative estimate of drug-likeness (QED) is 0.902. The van der Waals surface area contributed by atoms with Gasteiger partial charge in [-0.1, -0.05) is 6.07 Å². The lowest BCUT2D eigenvalue weighted by atomic mass is 9.98. The molecule has 5 heteroatoms. The Hall–Kier alpha value is -1.07. The van der Waals surface area contributed by atoms with Crippen molar-refractivity contribution in [3.05, 3.63) is 29.3 Å². The highest BCUT2D eigenvalue weighted by Crippen LogP contribution is 2.31. The van der Waals surface area contributed by atoms with Crippen LogP contribution in [0.1, 0.15) is 30.9 Å². The average molecular weight is 295 g/mol. The predicted molar refractivity (Wildman–Crippen MR) is 78.8 cm³/mol. The van der Waals surface area contributed by atoms with Crippen molar-refractivity contribution in [2.45, 2.75) is 38.3 Å². The highest BCUT2D eigenvalue weighted by Gasteiger charge is 2.35. The second-order valence-electron chi connectivity index (χ2n) is 6.06. The molecule has 20 heavy (non-hydrogen) atoms. The fraction of sp³-hybridized carbons (Fsp3) is 0.600. The summed E-state index contributed by atoms with van der Waals surface area (Å²) in [6.07, 6.45) is 2.21. The van der Waals surface area contributed by atoms with Crippen molar-refractivity contribution in [2.24, 2.45) is 0 Å². The van der Waals surface area contributed by atoms with Crippen LogP contribution in [0.25, 0.3) is 0 Å². The van der Waals surface area contributed by atoms with Gasteiger partial charge in [-0.15, -0.1) is 0 Å². The van der Waals surface area contributed by atoms with E-state index in [0.29, 0.717) is 12.8 Å². The third-order valence-corrected chi connectivity index (χ3v) is 5.96. The van der Waals surface area contributed by atoms with E-state index in [1.807, 2.05) is 13.0 Å². The van der Waals surface area contributed by atoms with E-state index < -0.39 is 9.84 Å². The van der Waals surface area contributed by atoms with Gasteiger partial charge in [0.1, 0.15) is 11.4 Å². The van der Waals surface area contributed by atoms with Crippen molar-refractivity contribution >= 4 is 9.84 Å². The van der Waals surface area contributed by atoms with Gasteiger partial charge >= 0.3 is 0 Å². The number of nitrogens with one attached hydrogen (secondary N) is 1. The summed E-state index contributed by atoms with van der Waals surface area (Å²) >= 11 is 0. The van der Waals surface area contributed by atoms with E-state index in [0.717, 1.165) is 25.3 Å². The molecular formula is C15H21NO3S. The first-order valence-electron chi connectivity index (χ1n) is 7.18. The summed E-state index contributed by atoms with van der Waals surface area (Å²) in [7, 11) is -2.85. The first-order chi connectivity index (χ1) is 9.46. The fourth-order valence-electron chi connectivity index (χ4n) is 2.88. The molecule has 4 nitrogen and oxygen atoms in total. The van der Waals surface area contributed by atoms with E-state index in [9.17, 15) is 8.42 Å². The monoisotopic (exact) mass is 295 g/mol. The van der Waals surface area contributed by atoms with Crippen LogP contribution in [-0.2, 0) is 22.8 Å². The van der Waals surface area contributed by atoms with E-state index >= 15 is 0 Å². The molecule has 0 unspecified atom stereocenters. The molecule has 0 saturated carbocycles. The summed E-state index contributed by atoms with van der Waals surface area (Å²) < 4.78 is 29.1. The molecule has 110 valence electrons. The maximum Gasteiger partial charge on any atom is 0.150 e. The molecule has 0 spiro atoms. The van der Waals surface area contributed by atoms with Crippen LogP contribution >= 0.6 is 0 Å². The van der Waals surface area contributed by atoms with Crippen LogP contribution in [0.2, 0.25) is 0 Å². The molecule has 3 rings (SSSR count). The van der Waals surface area contributed by atoms with Crippen LogP contribution < -0.4 is 10.1 Å². The molecule has 0 radical (unpaired) electrons. The molecule has 1 fully saturated rings. The first-order valence-corrected chi connectivity index (χ1v) is 9.00. The SMILES string of the molecule is CC1(Oc2ccc3c(c2)CNCC3)CCS(=O)(=O)CC1. The Kier molecular flexibility index (Phi) is 3.50. The van der Waals surface area contributed by atoms with E-state index in [1.165, 1.54) is 11.1 Å². The lowest BCUT2D eigenvalue weighted by Gasteiger charge is -2.34. The minimum absolute atomic E-state index is 0.232. The fourth-order valence-corrected chi connectivity index (χ4v) is 4.57. The van der Waals surface area contributed by atoms with Crippen LogP contribution in [0.5, 0.6) is 5.75 Å². The van der Waals surface area contributed by atoms with Crippen LogP contribution in [0.15, 0.2) is 18.2 Å². The Labute approximate surface area is 120 Å². The van der Waals surface area contributed by atoms with E-state index in [-0.39, 0.29) is 17.1 Å². The average Bonchev–Trinajstić information content (AvgIpc) is 2.43. The molecule has 0 aromatic heterocycles. The van der Waals surface area contributed by atoms with Gasteiger partial charge in [0.15, 0.2) is 9.84 Å². The summed E-state index contributed by atoms with van der Waals surface area (Å²) in [6.45, 7) is 3.93. The van der Waals surface area contributed by atoms with E-state index in [1.54, 1.807) is 0 Å². The number of ether oxygens (including phenoxy) is 1. The minimum Gasteiger partial charge on any atom is -0.488 e. The van der Waals surface area contributed by atoms with Crippen LogP contribution in [0.4, 0.5) is 0 Å². The van der Waals surface area contributed by atoms with Gasteiger partial charge in [-0.05, 0) is 43.1 Å². The Balaban J connectivity index is 1.74. The normalized spacial score (nSPS) is 23.9. The third-order valence-electron chi connectivity index (χ3n) is 4.31. The molecule has 1 aromatic carbocycles. The molecule has 0 aliphatic carbocycles. The predicted octanol–water partition coefficient (Wildman–Crippen LogP) is 1.68. The molecule has 0 atom stereocenters. The molecule has 1 N–H and O–H groups in total.